The Hall–Kier alpha value is -2.91. The van der Waals surface area contributed by atoms with Gasteiger partial charge in [0.05, 0.1) is 13.1 Å². The van der Waals surface area contributed by atoms with E-state index in [0.717, 1.165) is 11.1 Å². The molecule has 20 heavy (non-hydrogen) atoms. The molecule has 96 valence electrons. The summed E-state index contributed by atoms with van der Waals surface area (Å²) in [5.41, 5.74) is 3.71. The zero-order valence-corrected chi connectivity index (χ0v) is 11.3. The quantitative estimate of drug-likeness (QED) is 0.570. The summed E-state index contributed by atoms with van der Waals surface area (Å²) in [7, 11) is 0. The molecular weight excluding hydrogens is 248 g/mol. The van der Waals surface area contributed by atoms with Gasteiger partial charge in [0.15, 0.2) is 17.2 Å². The van der Waals surface area contributed by atoms with Crippen LogP contribution in [-0.4, -0.2) is 5.78 Å². The molecular formula is C17H12N2O. The molecule has 0 aliphatic carbocycles. The van der Waals surface area contributed by atoms with E-state index >= 15 is 0 Å². The number of aryl methyl sites for hydroxylation is 2. The van der Waals surface area contributed by atoms with Crippen LogP contribution in [0.4, 0.5) is 11.4 Å². The van der Waals surface area contributed by atoms with E-state index in [2.05, 4.69) is 9.69 Å². The Morgan fingerprint density at radius 3 is 2.30 bits per heavy atom. The second-order valence-corrected chi connectivity index (χ2v) is 4.55. The van der Waals surface area contributed by atoms with Crippen molar-refractivity contribution >= 4 is 17.2 Å². The lowest BCUT2D eigenvalue weighted by Gasteiger charge is -2.07. The molecule has 0 spiro atoms. The number of hydrogen-bond donors (Lipinski definition) is 0. The van der Waals surface area contributed by atoms with Gasteiger partial charge in [-0.15, -0.1) is 0 Å². The van der Waals surface area contributed by atoms with Crippen LogP contribution >= 0.6 is 0 Å². The average molecular weight is 260 g/mol. The zero-order valence-electron chi connectivity index (χ0n) is 11.3. The molecule has 0 aliphatic heterocycles. The van der Waals surface area contributed by atoms with E-state index < -0.39 is 0 Å². The first-order chi connectivity index (χ1) is 9.56. The topological polar surface area (TPSA) is 25.8 Å². The minimum Gasteiger partial charge on any atom is -0.289 e. The minimum atomic E-state index is -0.121. The van der Waals surface area contributed by atoms with Crippen molar-refractivity contribution in [3.8, 4) is 0 Å². The highest BCUT2D eigenvalue weighted by molar-refractivity contribution is 6.10. The van der Waals surface area contributed by atoms with Gasteiger partial charge in [-0.1, -0.05) is 35.9 Å². The first-order valence-electron chi connectivity index (χ1n) is 6.07. The predicted molar refractivity (Wildman–Crippen MR) is 78.3 cm³/mol. The van der Waals surface area contributed by atoms with Crippen LogP contribution in [0.3, 0.4) is 0 Å². The molecule has 0 saturated heterocycles. The van der Waals surface area contributed by atoms with Gasteiger partial charge in [-0.05, 0) is 25.5 Å². The molecule has 0 radical (unpaired) electrons. The van der Waals surface area contributed by atoms with Gasteiger partial charge in [0.1, 0.15) is 0 Å². The van der Waals surface area contributed by atoms with Crippen molar-refractivity contribution in [2.24, 2.45) is 0 Å². The lowest BCUT2D eigenvalue weighted by Crippen LogP contribution is -2.03. The Bertz CT molecular complexity index is 777. The van der Waals surface area contributed by atoms with Gasteiger partial charge in [-0.25, -0.2) is 9.69 Å². The first kappa shape index (κ1) is 13.5. The van der Waals surface area contributed by atoms with Gasteiger partial charge in [-0.3, -0.25) is 4.79 Å². The van der Waals surface area contributed by atoms with Gasteiger partial charge < -0.3 is 0 Å². The first-order valence-corrected chi connectivity index (χ1v) is 6.07. The van der Waals surface area contributed by atoms with E-state index in [-0.39, 0.29) is 5.78 Å². The van der Waals surface area contributed by atoms with E-state index in [1.165, 1.54) is 0 Å². The zero-order chi connectivity index (χ0) is 14.7. The van der Waals surface area contributed by atoms with Crippen LogP contribution in [0.2, 0.25) is 0 Å². The Morgan fingerprint density at radius 1 is 0.950 bits per heavy atom. The highest BCUT2D eigenvalue weighted by Gasteiger charge is 2.13. The van der Waals surface area contributed by atoms with E-state index in [0.29, 0.717) is 22.5 Å². The van der Waals surface area contributed by atoms with Crippen LogP contribution in [0, 0.1) is 27.0 Å². The number of carbonyl (C=O) groups is 1. The molecule has 0 atom stereocenters. The summed E-state index contributed by atoms with van der Waals surface area (Å²) in [4.78, 5) is 19.2. The van der Waals surface area contributed by atoms with E-state index in [9.17, 15) is 4.79 Å². The normalized spacial score (nSPS) is 9.60. The third-order valence-corrected chi connectivity index (χ3v) is 3.18. The van der Waals surface area contributed by atoms with Crippen molar-refractivity contribution in [1.82, 2.24) is 0 Å². The number of ketones is 1. The number of nitrogens with zero attached hydrogens (tertiary/aromatic N) is 2. The van der Waals surface area contributed by atoms with Gasteiger partial charge in [0.2, 0.25) is 0 Å². The largest absolute Gasteiger partial charge is 0.289 e. The Kier molecular flexibility index (Phi) is 3.64. The summed E-state index contributed by atoms with van der Waals surface area (Å²) in [6, 6.07) is 10.1. The van der Waals surface area contributed by atoms with Crippen molar-refractivity contribution in [3.05, 3.63) is 81.5 Å². The third kappa shape index (κ3) is 2.43. The molecule has 3 nitrogen and oxygen atoms in total. The second-order valence-electron chi connectivity index (χ2n) is 4.55. The standard InChI is InChI=1S/C17H12N2O/c1-11-5-6-13(10-16(11)19-4)17(20)15-8-7-14(18-3)9-12(15)2/h5-10H,1-2H3. The van der Waals surface area contributed by atoms with Crippen LogP contribution in [0.15, 0.2) is 36.4 Å². The number of carbonyl (C=O) groups excluding carboxylic acids is 1. The fraction of sp³-hybridized carbons (Fsp3) is 0.118. The molecule has 0 aliphatic rings. The molecule has 0 aromatic heterocycles. The Balaban J connectivity index is 2.47. The lowest BCUT2D eigenvalue weighted by atomic mass is 9.97. The fourth-order valence-corrected chi connectivity index (χ4v) is 2.00. The van der Waals surface area contributed by atoms with E-state index in [4.69, 9.17) is 13.1 Å². The summed E-state index contributed by atoms with van der Waals surface area (Å²) in [6.07, 6.45) is 0. The fourth-order valence-electron chi connectivity index (χ4n) is 2.00. The maximum Gasteiger partial charge on any atom is 0.191 e. The van der Waals surface area contributed by atoms with Crippen LogP contribution < -0.4 is 0 Å². The van der Waals surface area contributed by atoms with Gasteiger partial charge in [-0.2, -0.15) is 0 Å². The summed E-state index contributed by atoms with van der Waals surface area (Å²) in [5, 5.41) is 0. The highest BCUT2D eigenvalue weighted by atomic mass is 16.1. The smallest absolute Gasteiger partial charge is 0.191 e. The molecule has 0 heterocycles. The molecule has 2 aromatic carbocycles. The van der Waals surface area contributed by atoms with Gasteiger partial charge >= 0.3 is 0 Å². The predicted octanol–water partition coefficient (Wildman–Crippen LogP) is 4.64. The summed E-state index contributed by atoms with van der Waals surface area (Å²) in [5.74, 6) is -0.121. The maximum absolute atomic E-state index is 12.5. The number of rotatable bonds is 2. The summed E-state index contributed by atoms with van der Waals surface area (Å²) >= 11 is 0. The van der Waals surface area contributed by atoms with E-state index in [1.807, 2.05) is 13.8 Å². The van der Waals surface area contributed by atoms with Crippen molar-refractivity contribution in [2.75, 3.05) is 0 Å². The molecule has 0 amide bonds. The van der Waals surface area contributed by atoms with Crippen LogP contribution in [0.1, 0.15) is 27.0 Å². The lowest BCUT2D eigenvalue weighted by molar-refractivity contribution is 0.103. The third-order valence-electron chi connectivity index (χ3n) is 3.18. The van der Waals surface area contributed by atoms with Crippen LogP contribution in [-0.2, 0) is 0 Å². The summed E-state index contributed by atoms with van der Waals surface area (Å²) in [6.45, 7) is 17.7. The molecule has 0 N–H and O–H groups in total. The van der Waals surface area contributed by atoms with Crippen molar-refractivity contribution in [3.63, 3.8) is 0 Å². The molecule has 0 fully saturated rings. The van der Waals surface area contributed by atoms with Gasteiger partial charge in [0.25, 0.3) is 0 Å². The van der Waals surface area contributed by atoms with Gasteiger partial charge in [0, 0.05) is 11.1 Å². The van der Waals surface area contributed by atoms with Crippen LogP contribution in [0.25, 0.3) is 9.69 Å². The Labute approximate surface area is 118 Å². The van der Waals surface area contributed by atoms with Crippen molar-refractivity contribution in [2.45, 2.75) is 13.8 Å². The van der Waals surface area contributed by atoms with Crippen molar-refractivity contribution in [1.29, 1.82) is 0 Å². The maximum atomic E-state index is 12.5. The molecule has 0 unspecified atom stereocenters. The number of benzene rings is 2. The highest BCUT2D eigenvalue weighted by Crippen LogP contribution is 2.24. The summed E-state index contributed by atoms with van der Waals surface area (Å²) < 4.78 is 0. The SMILES string of the molecule is [C-]#[N+]c1ccc(C(=O)c2ccc(C)c([N+]#[C-])c2)c(C)c1. The molecule has 0 saturated carbocycles. The average Bonchev–Trinajstić information content (AvgIpc) is 2.47. The second kappa shape index (κ2) is 5.38. The molecule has 3 heteroatoms. The molecule has 2 rings (SSSR count). The minimum absolute atomic E-state index is 0.121. The monoisotopic (exact) mass is 260 g/mol. The molecule has 2 aromatic rings. The van der Waals surface area contributed by atoms with Crippen molar-refractivity contribution < 1.29 is 4.79 Å². The van der Waals surface area contributed by atoms with E-state index in [1.54, 1.807) is 36.4 Å². The number of hydrogen-bond acceptors (Lipinski definition) is 1. The Morgan fingerprint density at radius 2 is 1.70 bits per heavy atom. The molecule has 0 bridgehead atoms. The van der Waals surface area contributed by atoms with Crippen LogP contribution in [0.5, 0.6) is 0 Å².